The van der Waals surface area contributed by atoms with Gasteiger partial charge in [-0.15, -0.1) is 0 Å². The van der Waals surface area contributed by atoms with Crippen LogP contribution in [0, 0.1) is 0 Å². The maximum atomic E-state index is 13.2. The van der Waals surface area contributed by atoms with E-state index in [-0.39, 0.29) is 17.1 Å². The van der Waals surface area contributed by atoms with E-state index in [0.29, 0.717) is 23.1 Å². The fourth-order valence-electron chi connectivity index (χ4n) is 3.52. The number of hydrogen-bond acceptors (Lipinski definition) is 3. The number of likely N-dealkylation sites (N-methyl/N-ethyl adjacent to an activating group) is 1. The van der Waals surface area contributed by atoms with E-state index in [4.69, 9.17) is 4.42 Å². The number of amides is 1. The molecule has 0 bridgehead atoms. The Morgan fingerprint density at radius 2 is 1.69 bits per heavy atom. The highest BCUT2D eigenvalue weighted by atomic mass is 16.3. The predicted molar refractivity (Wildman–Crippen MR) is 99.5 cm³/mol. The molecule has 0 unspecified atom stereocenters. The third-order valence-electron chi connectivity index (χ3n) is 4.84. The molecule has 1 aliphatic heterocycles. The van der Waals surface area contributed by atoms with Gasteiger partial charge in [0.15, 0.2) is 5.43 Å². The fraction of sp³-hybridized carbons (Fsp3) is 0.238. The second-order valence-corrected chi connectivity index (χ2v) is 6.94. The van der Waals surface area contributed by atoms with Gasteiger partial charge in [0.1, 0.15) is 5.58 Å². The monoisotopic (exact) mass is 349 g/mol. The Morgan fingerprint density at radius 1 is 1.00 bits per heavy atom. The molecule has 0 fully saturated rings. The van der Waals surface area contributed by atoms with Crippen LogP contribution in [0.3, 0.4) is 0 Å². The van der Waals surface area contributed by atoms with E-state index in [1.54, 1.807) is 23.1 Å². The Kier molecular flexibility index (Phi) is 4.09. The lowest BCUT2D eigenvalue weighted by atomic mass is 9.98. The van der Waals surface area contributed by atoms with Gasteiger partial charge >= 0.3 is 0 Å². The molecular weight excluding hydrogens is 328 g/mol. The van der Waals surface area contributed by atoms with Gasteiger partial charge in [0.2, 0.25) is 5.76 Å². The van der Waals surface area contributed by atoms with Crippen molar-refractivity contribution in [1.82, 2.24) is 4.90 Å². The lowest BCUT2D eigenvalue weighted by Gasteiger charge is -2.25. The molecule has 4 rings (SSSR count). The summed E-state index contributed by atoms with van der Waals surface area (Å²) in [6.45, 7) is 1.34. The van der Waals surface area contributed by atoms with Crippen LogP contribution in [0.1, 0.15) is 27.7 Å². The number of quaternary nitrogens is 1. The highest BCUT2D eigenvalue weighted by Gasteiger charge is 2.42. The van der Waals surface area contributed by atoms with Crippen molar-refractivity contribution in [2.24, 2.45) is 0 Å². The van der Waals surface area contributed by atoms with Crippen molar-refractivity contribution in [1.29, 1.82) is 0 Å². The number of nitrogens with zero attached hydrogens (tertiary/aromatic N) is 1. The Bertz CT molecular complexity index is 1020. The molecule has 1 amide bonds. The van der Waals surface area contributed by atoms with Gasteiger partial charge in [0, 0.05) is 0 Å². The van der Waals surface area contributed by atoms with Crippen LogP contribution >= 0.6 is 0 Å². The molecule has 132 valence electrons. The Hall–Kier alpha value is -2.92. The molecular formula is C21H21N2O3+. The summed E-state index contributed by atoms with van der Waals surface area (Å²) in [5, 5.41) is 0.514. The topological polar surface area (TPSA) is 55.0 Å². The van der Waals surface area contributed by atoms with Crippen LogP contribution in [-0.2, 0) is 0 Å². The molecule has 0 spiro atoms. The molecule has 5 nitrogen and oxygen atoms in total. The molecule has 5 heteroatoms. The van der Waals surface area contributed by atoms with E-state index < -0.39 is 6.04 Å². The summed E-state index contributed by atoms with van der Waals surface area (Å²) in [7, 11) is 4.09. The quantitative estimate of drug-likeness (QED) is 0.776. The van der Waals surface area contributed by atoms with E-state index in [9.17, 15) is 9.59 Å². The van der Waals surface area contributed by atoms with Crippen LogP contribution in [0.15, 0.2) is 63.8 Å². The Morgan fingerprint density at radius 3 is 2.42 bits per heavy atom. The first-order valence-corrected chi connectivity index (χ1v) is 8.78. The number of benzene rings is 2. The molecule has 1 N–H and O–H groups in total. The van der Waals surface area contributed by atoms with Gasteiger partial charge in [-0.3, -0.25) is 9.59 Å². The average molecular weight is 349 g/mol. The van der Waals surface area contributed by atoms with Gasteiger partial charge in [-0.2, -0.15) is 0 Å². The van der Waals surface area contributed by atoms with Crippen molar-refractivity contribution in [2.75, 3.05) is 27.2 Å². The third kappa shape index (κ3) is 2.61. The molecule has 0 saturated heterocycles. The number of para-hydroxylation sites is 1. The van der Waals surface area contributed by atoms with Gasteiger partial charge in [-0.05, 0) is 17.7 Å². The standard InChI is InChI=1S/C21H20N2O3/c1-22(2)12-13-23-18(14-8-4-3-5-9-14)17-19(24)15-10-6-7-11-16(15)26-20(17)21(23)25/h3-11,18H,12-13H2,1-2H3/p+1/t18-/m0/s1. The summed E-state index contributed by atoms with van der Waals surface area (Å²) in [6, 6.07) is 16.4. The second kappa shape index (κ2) is 6.42. The Balaban J connectivity index is 1.93. The van der Waals surface area contributed by atoms with E-state index in [0.717, 1.165) is 12.1 Å². The molecule has 0 radical (unpaired) electrons. The first kappa shape index (κ1) is 16.5. The van der Waals surface area contributed by atoms with Crippen LogP contribution in [0.25, 0.3) is 11.0 Å². The van der Waals surface area contributed by atoms with Crippen LogP contribution in [-0.4, -0.2) is 38.0 Å². The first-order valence-electron chi connectivity index (χ1n) is 8.78. The zero-order chi connectivity index (χ0) is 18.3. The van der Waals surface area contributed by atoms with Crippen molar-refractivity contribution in [3.05, 3.63) is 81.7 Å². The second-order valence-electron chi connectivity index (χ2n) is 6.94. The summed E-state index contributed by atoms with van der Waals surface area (Å²) in [4.78, 5) is 29.3. The van der Waals surface area contributed by atoms with Crippen LogP contribution in [0.4, 0.5) is 0 Å². The highest BCUT2D eigenvalue weighted by molar-refractivity contribution is 5.99. The van der Waals surface area contributed by atoms with Gasteiger partial charge in [-0.25, -0.2) is 0 Å². The number of hydrogen-bond donors (Lipinski definition) is 1. The average Bonchev–Trinajstić information content (AvgIpc) is 2.93. The highest BCUT2D eigenvalue weighted by Crippen LogP contribution is 2.37. The maximum absolute atomic E-state index is 13.2. The van der Waals surface area contributed by atoms with Crippen molar-refractivity contribution in [3.8, 4) is 0 Å². The minimum Gasteiger partial charge on any atom is -0.450 e. The van der Waals surface area contributed by atoms with Gasteiger partial charge in [0.05, 0.1) is 44.2 Å². The molecule has 1 aromatic heterocycles. The minimum atomic E-state index is -0.404. The minimum absolute atomic E-state index is 0.122. The number of carbonyl (C=O) groups excluding carboxylic acids is 1. The van der Waals surface area contributed by atoms with Crippen molar-refractivity contribution in [3.63, 3.8) is 0 Å². The summed E-state index contributed by atoms with van der Waals surface area (Å²) in [5.74, 6) is -0.0331. The number of nitrogens with one attached hydrogen (secondary N) is 1. The van der Waals surface area contributed by atoms with E-state index in [2.05, 4.69) is 0 Å². The normalized spacial score (nSPS) is 16.5. The van der Waals surface area contributed by atoms with Crippen molar-refractivity contribution < 1.29 is 14.1 Å². The molecule has 1 atom stereocenters. The van der Waals surface area contributed by atoms with E-state index >= 15 is 0 Å². The lowest BCUT2D eigenvalue weighted by molar-refractivity contribution is -0.857. The summed E-state index contributed by atoms with van der Waals surface area (Å²) in [5.41, 5.74) is 1.71. The Labute approximate surface area is 151 Å². The third-order valence-corrected chi connectivity index (χ3v) is 4.84. The van der Waals surface area contributed by atoms with Crippen LogP contribution in [0.5, 0.6) is 0 Å². The number of carbonyl (C=O) groups is 1. The number of fused-ring (bicyclic) bond motifs is 2. The van der Waals surface area contributed by atoms with Gasteiger partial charge in [0.25, 0.3) is 5.91 Å². The molecule has 26 heavy (non-hydrogen) atoms. The molecule has 0 aliphatic carbocycles. The summed E-state index contributed by atoms with van der Waals surface area (Å²) in [6.07, 6.45) is 0. The predicted octanol–water partition coefficient (Wildman–Crippen LogP) is 1.48. The summed E-state index contributed by atoms with van der Waals surface area (Å²) >= 11 is 0. The molecule has 3 aromatic rings. The smallest absolute Gasteiger partial charge is 0.291 e. The molecule has 0 saturated carbocycles. The first-order chi connectivity index (χ1) is 12.6. The van der Waals surface area contributed by atoms with Crippen molar-refractivity contribution in [2.45, 2.75) is 6.04 Å². The van der Waals surface area contributed by atoms with Crippen LogP contribution in [0.2, 0.25) is 0 Å². The molecule has 2 aromatic carbocycles. The fourth-order valence-corrected chi connectivity index (χ4v) is 3.52. The van der Waals surface area contributed by atoms with Crippen molar-refractivity contribution >= 4 is 16.9 Å². The molecule has 1 aliphatic rings. The largest absolute Gasteiger partial charge is 0.450 e. The maximum Gasteiger partial charge on any atom is 0.291 e. The van der Waals surface area contributed by atoms with Gasteiger partial charge in [-0.1, -0.05) is 42.5 Å². The lowest BCUT2D eigenvalue weighted by Crippen LogP contribution is -3.06. The SMILES string of the molecule is C[NH+](C)CCN1C(=O)c2oc3ccccc3c(=O)c2[C@@H]1c1ccccc1. The van der Waals surface area contributed by atoms with E-state index in [1.807, 2.05) is 50.5 Å². The summed E-state index contributed by atoms with van der Waals surface area (Å²) < 4.78 is 5.89. The molecule has 2 heterocycles. The van der Waals surface area contributed by atoms with E-state index in [1.165, 1.54) is 4.90 Å². The zero-order valence-corrected chi connectivity index (χ0v) is 14.9. The van der Waals surface area contributed by atoms with Gasteiger partial charge < -0.3 is 14.2 Å². The van der Waals surface area contributed by atoms with Crippen LogP contribution < -0.4 is 10.3 Å². The number of rotatable bonds is 4. The zero-order valence-electron chi connectivity index (χ0n) is 14.9.